The van der Waals surface area contributed by atoms with Crippen LogP contribution >= 0.6 is 7.82 Å². The Hall–Kier alpha value is -1.77. The van der Waals surface area contributed by atoms with E-state index < -0.39 is 32.5 Å². The zero-order valence-electron chi connectivity index (χ0n) is 28.8. The first kappa shape index (κ1) is 42.3. The van der Waals surface area contributed by atoms with Crippen molar-refractivity contribution in [3.05, 3.63) is 36.5 Å². The molecule has 1 aliphatic rings. The fraction of sp³-hybridized carbons (Fsp3) is 0.778. The number of esters is 2. The van der Waals surface area contributed by atoms with Crippen LogP contribution in [0, 0.1) is 5.92 Å². The number of hydrogen-bond donors (Lipinski definition) is 2. The molecule has 1 rings (SSSR count). The van der Waals surface area contributed by atoms with Crippen molar-refractivity contribution in [2.24, 2.45) is 5.92 Å². The molecule has 3 unspecified atom stereocenters. The number of carbonyl (C=O) groups is 2. The van der Waals surface area contributed by atoms with E-state index in [0.29, 0.717) is 12.8 Å². The van der Waals surface area contributed by atoms with Gasteiger partial charge in [-0.3, -0.25) is 14.1 Å². The van der Waals surface area contributed by atoms with Crippen LogP contribution in [0.5, 0.6) is 0 Å². The molecular formula is C36H63O9P. The molecule has 0 aromatic heterocycles. The second kappa shape index (κ2) is 27.2. The lowest BCUT2D eigenvalue weighted by Crippen LogP contribution is -2.29. The van der Waals surface area contributed by atoms with Crippen molar-refractivity contribution in [3.8, 4) is 0 Å². The van der Waals surface area contributed by atoms with Crippen molar-refractivity contribution in [1.82, 2.24) is 0 Å². The summed E-state index contributed by atoms with van der Waals surface area (Å²) in [5, 5.41) is 0. The first-order valence-electron chi connectivity index (χ1n) is 17.8. The van der Waals surface area contributed by atoms with E-state index in [4.69, 9.17) is 24.0 Å². The summed E-state index contributed by atoms with van der Waals surface area (Å²) in [5.41, 5.74) is 0. The molecule has 0 aliphatic carbocycles. The van der Waals surface area contributed by atoms with Gasteiger partial charge >= 0.3 is 19.8 Å². The molecule has 266 valence electrons. The first-order valence-corrected chi connectivity index (χ1v) is 19.3. The zero-order valence-corrected chi connectivity index (χ0v) is 29.7. The molecule has 4 atom stereocenters. The summed E-state index contributed by atoms with van der Waals surface area (Å²) in [5.74, 6) is -0.195. The summed E-state index contributed by atoms with van der Waals surface area (Å²) in [6.07, 6.45) is 30.5. The van der Waals surface area contributed by atoms with Gasteiger partial charge in [-0.05, 0) is 57.3 Å². The third kappa shape index (κ3) is 26.3. The highest BCUT2D eigenvalue weighted by Gasteiger charge is 2.36. The topological polar surface area (TPSA) is 132 Å². The second-order valence-corrected chi connectivity index (χ2v) is 13.7. The highest BCUT2D eigenvalue weighted by Crippen LogP contribution is 2.36. The average molecular weight is 671 g/mol. The minimum atomic E-state index is -4.77. The number of epoxide rings is 1. The molecule has 10 heteroatoms. The van der Waals surface area contributed by atoms with Crippen LogP contribution in [-0.2, 0) is 32.9 Å². The Bertz CT molecular complexity index is 926. The van der Waals surface area contributed by atoms with Crippen LogP contribution in [0.25, 0.3) is 0 Å². The van der Waals surface area contributed by atoms with E-state index >= 15 is 0 Å². The smallest absolute Gasteiger partial charge is 0.462 e. The van der Waals surface area contributed by atoms with Gasteiger partial charge in [0.15, 0.2) is 6.10 Å². The number of rotatable bonds is 30. The van der Waals surface area contributed by atoms with E-state index in [1.807, 2.05) is 0 Å². The maximum Gasteiger partial charge on any atom is 0.469 e. The number of phosphoric acid groups is 1. The number of ether oxygens (including phenoxy) is 3. The Morgan fingerprint density at radius 1 is 0.783 bits per heavy atom. The number of phosphoric ester groups is 1. The van der Waals surface area contributed by atoms with Gasteiger partial charge in [0.25, 0.3) is 0 Å². The molecule has 0 aromatic carbocycles. The van der Waals surface area contributed by atoms with Crippen molar-refractivity contribution < 1.29 is 42.7 Å². The molecule has 9 nitrogen and oxygen atoms in total. The van der Waals surface area contributed by atoms with E-state index in [9.17, 15) is 14.2 Å². The summed E-state index contributed by atoms with van der Waals surface area (Å²) in [7, 11) is -4.77. The van der Waals surface area contributed by atoms with Crippen molar-refractivity contribution in [1.29, 1.82) is 0 Å². The van der Waals surface area contributed by atoms with Gasteiger partial charge in [0.1, 0.15) is 6.61 Å². The van der Waals surface area contributed by atoms with E-state index in [0.717, 1.165) is 50.9 Å². The predicted molar refractivity (Wildman–Crippen MR) is 183 cm³/mol. The summed E-state index contributed by atoms with van der Waals surface area (Å²) >= 11 is 0. The van der Waals surface area contributed by atoms with Gasteiger partial charge in [0, 0.05) is 12.8 Å². The molecule has 2 N–H and O–H groups in total. The van der Waals surface area contributed by atoms with Gasteiger partial charge in [-0.1, -0.05) is 115 Å². The lowest BCUT2D eigenvalue weighted by molar-refractivity contribution is -0.161. The maximum absolute atomic E-state index is 12.3. The Labute approximate surface area is 278 Å². The molecule has 0 aromatic rings. The molecule has 46 heavy (non-hydrogen) atoms. The van der Waals surface area contributed by atoms with Gasteiger partial charge in [-0.15, -0.1) is 0 Å². The lowest BCUT2D eigenvalue weighted by atomic mass is 10.00. The monoisotopic (exact) mass is 670 g/mol. The maximum atomic E-state index is 12.3. The van der Waals surface area contributed by atoms with Gasteiger partial charge < -0.3 is 24.0 Å². The van der Waals surface area contributed by atoms with Crippen molar-refractivity contribution in [3.63, 3.8) is 0 Å². The SMILES string of the molecule is CCCCC/C=C\C/C=C\C/C=C\CC1OC1CCCC(=O)OC[C@H](COP(=O)(O)O)OC(=O)CCCCCCCCC(C)CC. The quantitative estimate of drug-likeness (QED) is 0.0252. The Morgan fingerprint density at radius 2 is 1.43 bits per heavy atom. The Balaban J connectivity index is 2.18. The first-order chi connectivity index (χ1) is 22.1. The standard InChI is InChI=1S/C36H63O9P/c1-4-6-7-8-9-10-11-12-13-14-18-21-25-33-34(45-33)26-23-28-35(37)42-29-32(30-43-46(39,40)41)44-36(38)27-22-19-16-15-17-20-24-31(3)5-2/h9-10,12-13,18,21,31-34H,4-8,11,14-17,19-20,22-30H2,1-3H3,(H2,39,40,41)/b10-9-,13-12-,21-18-/t31?,32-,33?,34?/m1/s1. The molecule has 0 radical (unpaired) electrons. The summed E-state index contributed by atoms with van der Waals surface area (Å²) < 4.78 is 31.9. The molecule has 1 fully saturated rings. The molecule has 0 spiro atoms. The van der Waals surface area contributed by atoms with Crippen LogP contribution in [-0.4, -0.2) is 53.3 Å². The van der Waals surface area contributed by atoms with Gasteiger partial charge in [0.2, 0.25) is 0 Å². The van der Waals surface area contributed by atoms with Crippen LogP contribution < -0.4 is 0 Å². The molecular weight excluding hydrogens is 607 g/mol. The van der Waals surface area contributed by atoms with Gasteiger partial charge in [0.05, 0.1) is 18.8 Å². The van der Waals surface area contributed by atoms with E-state index in [-0.39, 0.29) is 31.7 Å². The van der Waals surface area contributed by atoms with Crippen LogP contribution in [0.3, 0.4) is 0 Å². The Kier molecular flexibility index (Phi) is 25.0. The minimum absolute atomic E-state index is 0.140. The third-order valence-corrected chi connectivity index (χ3v) is 8.61. The number of carbonyl (C=O) groups excluding carboxylic acids is 2. The normalized spacial score (nSPS) is 18.0. The summed E-state index contributed by atoms with van der Waals surface area (Å²) in [6.45, 7) is 5.83. The fourth-order valence-electron chi connectivity index (χ4n) is 4.96. The summed E-state index contributed by atoms with van der Waals surface area (Å²) in [6, 6.07) is 0. The third-order valence-electron chi connectivity index (χ3n) is 8.13. The predicted octanol–water partition coefficient (Wildman–Crippen LogP) is 9.07. The molecule has 1 aliphatic heterocycles. The lowest BCUT2D eigenvalue weighted by Gasteiger charge is -2.18. The number of unbranched alkanes of at least 4 members (excludes halogenated alkanes) is 8. The van der Waals surface area contributed by atoms with Crippen LogP contribution in [0.2, 0.25) is 0 Å². The second-order valence-electron chi connectivity index (χ2n) is 12.5. The van der Waals surface area contributed by atoms with E-state index in [1.165, 1.54) is 51.4 Å². The highest BCUT2D eigenvalue weighted by molar-refractivity contribution is 7.46. The fourth-order valence-corrected chi connectivity index (χ4v) is 5.32. The molecule has 0 saturated carbocycles. The highest BCUT2D eigenvalue weighted by atomic mass is 31.2. The van der Waals surface area contributed by atoms with Crippen LogP contribution in [0.4, 0.5) is 0 Å². The van der Waals surface area contributed by atoms with Crippen LogP contribution in [0.15, 0.2) is 36.5 Å². The zero-order chi connectivity index (χ0) is 33.9. The van der Waals surface area contributed by atoms with Crippen LogP contribution in [0.1, 0.15) is 143 Å². The van der Waals surface area contributed by atoms with Crippen molar-refractivity contribution >= 4 is 19.8 Å². The Morgan fingerprint density at radius 3 is 2.13 bits per heavy atom. The summed E-state index contributed by atoms with van der Waals surface area (Å²) in [4.78, 5) is 42.7. The molecule has 1 heterocycles. The van der Waals surface area contributed by atoms with E-state index in [2.05, 4.69) is 61.8 Å². The van der Waals surface area contributed by atoms with Crippen molar-refractivity contribution in [2.75, 3.05) is 13.2 Å². The van der Waals surface area contributed by atoms with Crippen molar-refractivity contribution in [2.45, 2.75) is 161 Å². The number of allylic oxidation sites excluding steroid dienone is 5. The van der Waals surface area contributed by atoms with E-state index in [1.54, 1.807) is 0 Å². The molecule has 0 bridgehead atoms. The van der Waals surface area contributed by atoms with Gasteiger partial charge in [-0.2, -0.15) is 0 Å². The largest absolute Gasteiger partial charge is 0.469 e. The molecule has 0 amide bonds. The average Bonchev–Trinajstić information content (AvgIpc) is 3.77. The van der Waals surface area contributed by atoms with Gasteiger partial charge in [-0.25, -0.2) is 4.57 Å². The number of hydrogen-bond acceptors (Lipinski definition) is 7. The minimum Gasteiger partial charge on any atom is -0.462 e. The molecule has 1 saturated heterocycles.